The molecule has 0 aromatic heterocycles. The maximum Gasteiger partial charge on any atom is 0.192 e. The van der Waals surface area contributed by atoms with Crippen LogP contribution in [0.2, 0.25) is 36.3 Å². The minimum Gasteiger partial charge on any atom is -0.414 e. The van der Waals surface area contributed by atoms with Crippen molar-refractivity contribution in [1.82, 2.24) is 0 Å². The smallest absolute Gasteiger partial charge is 0.192 e. The summed E-state index contributed by atoms with van der Waals surface area (Å²) in [6.07, 6.45) is 22.8. The Morgan fingerprint density at radius 1 is 0.625 bits per heavy atom. The quantitative estimate of drug-likeness (QED) is 0.0682. The lowest BCUT2D eigenvalue weighted by atomic mass is 9.99. The molecular formula is C35H74O3Si2. The molecule has 0 bridgehead atoms. The van der Waals surface area contributed by atoms with Crippen LogP contribution in [-0.4, -0.2) is 40.1 Å². The van der Waals surface area contributed by atoms with Crippen molar-refractivity contribution in [2.45, 2.75) is 212 Å². The van der Waals surface area contributed by atoms with Gasteiger partial charge in [-0.15, -0.1) is 6.58 Å². The van der Waals surface area contributed by atoms with E-state index in [1.54, 1.807) is 0 Å². The fourth-order valence-electron chi connectivity index (χ4n) is 4.85. The molecule has 3 atom stereocenters. The predicted molar refractivity (Wildman–Crippen MR) is 185 cm³/mol. The van der Waals surface area contributed by atoms with E-state index in [-0.39, 0.29) is 28.4 Å². The van der Waals surface area contributed by atoms with Gasteiger partial charge in [-0.05, 0) is 68.4 Å². The number of hydrogen-bond donors (Lipinski definition) is 1. The zero-order valence-electron chi connectivity index (χ0n) is 29.3. The second-order valence-electron chi connectivity index (χ2n) is 15.7. The number of hydrogen-bond acceptors (Lipinski definition) is 3. The first-order valence-electron chi connectivity index (χ1n) is 17.1. The van der Waals surface area contributed by atoms with Crippen LogP contribution in [-0.2, 0) is 8.85 Å². The van der Waals surface area contributed by atoms with Gasteiger partial charge >= 0.3 is 0 Å². The van der Waals surface area contributed by atoms with Crippen molar-refractivity contribution >= 4 is 16.6 Å². The second-order valence-corrected chi connectivity index (χ2v) is 25.2. The molecular weight excluding hydrogens is 525 g/mol. The Balaban J connectivity index is 5.01. The second kappa shape index (κ2) is 20.1. The van der Waals surface area contributed by atoms with Gasteiger partial charge in [-0.2, -0.15) is 0 Å². The molecule has 0 aromatic carbocycles. The number of aliphatic hydroxyl groups is 1. The third-order valence-electron chi connectivity index (χ3n) is 9.70. The molecule has 0 heterocycles. The van der Waals surface area contributed by atoms with Crippen LogP contribution < -0.4 is 0 Å². The van der Waals surface area contributed by atoms with E-state index in [0.717, 1.165) is 19.3 Å². The number of aliphatic hydroxyl groups excluding tert-OH is 1. The first-order chi connectivity index (χ1) is 18.5. The van der Waals surface area contributed by atoms with E-state index in [1.807, 2.05) is 6.08 Å². The van der Waals surface area contributed by atoms with Crippen LogP contribution >= 0.6 is 0 Å². The minimum absolute atomic E-state index is 0.0725. The van der Waals surface area contributed by atoms with Gasteiger partial charge in [0.2, 0.25) is 0 Å². The molecule has 40 heavy (non-hydrogen) atoms. The number of unbranched alkanes of at least 4 members (excludes halogenated alkanes) is 11. The molecule has 0 rings (SSSR count). The van der Waals surface area contributed by atoms with E-state index in [4.69, 9.17) is 8.85 Å². The van der Waals surface area contributed by atoms with E-state index < -0.39 is 16.6 Å². The summed E-state index contributed by atoms with van der Waals surface area (Å²) in [6, 6.07) is 0. The molecule has 0 aliphatic rings. The Labute approximate surface area is 254 Å². The van der Waals surface area contributed by atoms with Gasteiger partial charge < -0.3 is 14.0 Å². The first-order valence-corrected chi connectivity index (χ1v) is 22.9. The van der Waals surface area contributed by atoms with Gasteiger partial charge in [-0.3, -0.25) is 0 Å². The van der Waals surface area contributed by atoms with E-state index in [1.165, 1.54) is 77.0 Å². The van der Waals surface area contributed by atoms with Gasteiger partial charge in [0, 0.05) is 12.2 Å². The summed E-state index contributed by atoms with van der Waals surface area (Å²) < 4.78 is 13.9. The van der Waals surface area contributed by atoms with Crippen molar-refractivity contribution in [1.29, 1.82) is 0 Å². The van der Waals surface area contributed by atoms with Crippen LogP contribution in [0.5, 0.6) is 0 Å². The summed E-state index contributed by atoms with van der Waals surface area (Å²) in [7, 11) is -3.79. The number of rotatable bonds is 24. The summed E-state index contributed by atoms with van der Waals surface area (Å²) in [4.78, 5) is 0. The van der Waals surface area contributed by atoms with Crippen molar-refractivity contribution in [3.63, 3.8) is 0 Å². The van der Waals surface area contributed by atoms with Crippen LogP contribution in [0, 0.1) is 0 Å². The average molecular weight is 599 g/mol. The standard InChI is InChI=1S/C35H74O3Si2/c1-13-15-16-17-18-19-20-21-22-23-24-25-27-32(37-39(9,10)34(3,4)5)28-29-33(30-31(36)26-14-2)38-40(11,12)35(6,7)8/h14,31-33,36H,2,13,15-30H2,1,3-12H3/t31-,32+,33+/m1/s1. The molecule has 0 aliphatic carbocycles. The van der Waals surface area contributed by atoms with Crippen LogP contribution in [0.15, 0.2) is 12.7 Å². The molecule has 0 fully saturated rings. The molecule has 0 saturated carbocycles. The molecule has 0 spiro atoms. The highest BCUT2D eigenvalue weighted by atomic mass is 28.4. The highest BCUT2D eigenvalue weighted by Crippen LogP contribution is 2.40. The summed E-state index contributed by atoms with van der Waals surface area (Å²) >= 11 is 0. The fourth-order valence-corrected chi connectivity index (χ4v) is 7.67. The summed E-state index contributed by atoms with van der Waals surface area (Å²) in [5.41, 5.74) is 0. The molecule has 0 radical (unpaired) electrons. The van der Waals surface area contributed by atoms with Crippen molar-refractivity contribution in [2.24, 2.45) is 0 Å². The van der Waals surface area contributed by atoms with E-state index in [2.05, 4.69) is 81.2 Å². The Morgan fingerprint density at radius 3 is 1.40 bits per heavy atom. The molecule has 3 nitrogen and oxygen atoms in total. The normalized spacial score (nSPS) is 15.7. The zero-order chi connectivity index (χ0) is 30.9. The lowest BCUT2D eigenvalue weighted by Gasteiger charge is -2.41. The van der Waals surface area contributed by atoms with E-state index in [9.17, 15) is 5.11 Å². The molecule has 0 saturated heterocycles. The minimum atomic E-state index is -1.93. The monoisotopic (exact) mass is 599 g/mol. The Bertz CT molecular complexity index is 634. The largest absolute Gasteiger partial charge is 0.414 e. The molecule has 5 heteroatoms. The van der Waals surface area contributed by atoms with Gasteiger partial charge in [0.05, 0.1) is 6.10 Å². The maximum atomic E-state index is 10.6. The van der Waals surface area contributed by atoms with Crippen molar-refractivity contribution < 1.29 is 14.0 Å². The van der Waals surface area contributed by atoms with Gasteiger partial charge in [-0.25, -0.2) is 0 Å². The van der Waals surface area contributed by atoms with E-state index >= 15 is 0 Å². The maximum absolute atomic E-state index is 10.6. The Kier molecular flexibility index (Phi) is 20.1. The van der Waals surface area contributed by atoms with Gasteiger partial charge in [0.15, 0.2) is 16.6 Å². The molecule has 0 aliphatic heterocycles. The van der Waals surface area contributed by atoms with Gasteiger partial charge in [-0.1, -0.05) is 132 Å². The summed E-state index contributed by atoms with van der Waals surface area (Å²) in [6.45, 7) is 29.5. The summed E-state index contributed by atoms with van der Waals surface area (Å²) in [5.74, 6) is 0. The topological polar surface area (TPSA) is 38.7 Å². The SMILES string of the molecule is C=CC[C@@H](O)C[C@H](CC[C@H](CCCCCCCCCCCCCC)O[Si](C)(C)C(C)(C)C)O[Si](C)(C)C(C)(C)C. The Morgan fingerprint density at radius 2 is 1.00 bits per heavy atom. The zero-order valence-corrected chi connectivity index (χ0v) is 31.3. The first kappa shape index (κ1) is 40.1. The van der Waals surface area contributed by atoms with Crippen molar-refractivity contribution in [3.8, 4) is 0 Å². The van der Waals surface area contributed by atoms with E-state index in [0.29, 0.717) is 12.8 Å². The highest BCUT2D eigenvalue weighted by Gasteiger charge is 2.41. The fraction of sp³-hybridized carbons (Fsp3) is 0.943. The van der Waals surface area contributed by atoms with Gasteiger partial charge in [0.25, 0.3) is 0 Å². The van der Waals surface area contributed by atoms with Crippen LogP contribution in [0.1, 0.15) is 158 Å². The third-order valence-corrected chi connectivity index (χ3v) is 18.8. The Hall–Kier alpha value is 0.0538. The third kappa shape index (κ3) is 17.9. The van der Waals surface area contributed by atoms with Crippen LogP contribution in [0.25, 0.3) is 0 Å². The lowest BCUT2D eigenvalue weighted by molar-refractivity contribution is 0.0684. The van der Waals surface area contributed by atoms with Gasteiger partial charge in [0.1, 0.15) is 0 Å². The molecule has 0 unspecified atom stereocenters. The van der Waals surface area contributed by atoms with Crippen molar-refractivity contribution in [3.05, 3.63) is 12.7 Å². The predicted octanol–water partition coefficient (Wildman–Crippen LogP) is 12.0. The van der Waals surface area contributed by atoms with Crippen LogP contribution in [0.3, 0.4) is 0 Å². The highest BCUT2D eigenvalue weighted by molar-refractivity contribution is 6.74. The molecule has 1 N–H and O–H groups in total. The van der Waals surface area contributed by atoms with Crippen LogP contribution in [0.4, 0.5) is 0 Å². The van der Waals surface area contributed by atoms with Crippen molar-refractivity contribution in [2.75, 3.05) is 0 Å². The lowest BCUT2D eigenvalue weighted by Crippen LogP contribution is -2.46. The average Bonchev–Trinajstić information content (AvgIpc) is 2.81. The summed E-state index contributed by atoms with van der Waals surface area (Å²) in [5, 5.41) is 11.0. The molecule has 0 amide bonds. The molecule has 0 aromatic rings. The molecule has 240 valence electrons.